The molecule has 0 atom stereocenters. The van der Waals surface area contributed by atoms with E-state index in [2.05, 4.69) is 43.3 Å². The van der Waals surface area contributed by atoms with E-state index in [0.717, 1.165) is 11.5 Å². The van der Waals surface area contributed by atoms with Crippen molar-refractivity contribution in [1.29, 1.82) is 0 Å². The largest absolute Gasteiger partial charge is 0.495 e. The Morgan fingerprint density at radius 2 is 1.50 bits per heavy atom. The van der Waals surface area contributed by atoms with Gasteiger partial charge in [0.15, 0.2) is 0 Å². The summed E-state index contributed by atoms with van der Waals surface area (Å²) in [6, 6.07) is 8.35. The van der Waals surface area contributed by atoms with Crippen LogP contribution in [0.4, 0.5) is 0 Å². The second-order valence-electron chi connectivity index (χ2n) is 5.79. The highest BCUT2D eigenvalue weighted by Crippen LogP contribution is 2.28. The van der Waals surface area contributed by atoms with Gasteiger partial charge in [0.05, 0.1) is 18.0 Å². The van der Waals surface area contributed by atoms with Gasteiger partial charge in [-0.15, -0.1) is 0 Å². The van der Waals surface area contributed by atoms with Gasteiger partial charge in [0.25, 0.3) is 0 Å². The highest BCUT2D eigenvalue weighted by molar-refractivity contribution is 5.65. The highest BCUT2D eigenvalue weighted by atomic mass is 16.5. The zero-order valence-corrected chi connectivity index (χ0v) is 14.3. The van der Waals surface area contributed by atoms with Crippen LogP contribution in [-0.4, -0.2) is 12.2 Å². The molecule has 0 aromatic heterocycles. The molecule has 0 saturated heterocycles. The van der Waals surface area contributed by atoms with Crippen molar-refractivity contribution in [1.82, 2.24) is 0 Å². The fourth-order valence-corrected chi connectivity index (χ4v) is 2.00. The molecule has 0 amide bonds. The third kappa shape index (κ3) is 5.59. The Morgan fingerprint density at radius 1 is 0.909 bits per heavy atom. The van der Waals surface area contributed by atoms with Gasteiger partial charge in [-0.2, -0.15) is 0 Å². The van der Waals surface area contributed by atoms with Crippen LogP contribution in [0.5, 0.6) is 5.75 Å². The first-order chi connectivity index (χ1) is 10.7. The molecule has 2 nitrogen and oxygen atoms in total. The van der Waals surface area contributed by atoms with Crippen LogP contribution in [0.15, 0.2) is 42.2 Å². The van der Waals surface area contributed by atoms with E-state index in [9.17, 15) is 0 Å². The maximum Gasteiger partial charge on any atom is 0.119 e. The molecule has 2 fully saturated rings. The fourth-order valence-electron chi connectivity index (χ4n) is 2.00. The molecule has 1 aromatic carbocycles. The van der Waals surface area contributed by atoms with Crippen LogP contribution in [0.2, 0.25) is 0 Å². The number of allylic oxidation sites excluding steroid dienone is 4. The predicted molar refractivity (Wildman–Crippen MR) is 93.0 cm³/mol. The Hall–Kier alpha value is -1.70. The van der Waals surface area contributed by atoms with E-state index >= 15 is 0 Å². The Labute approximate surface area is 134 Å². The molecule has 0 radical (unpaired) electrons. The zero-order valence-electron chi connectivity index (χ0n) is 14.3. The lowest BCUT2D eigenvalue weighted by Gasteiger charge is -2.06. The minimum Gasteiger partial charge on any atom is -0.495 e. The average Bonchev–Trinajstić information content (AvgIpc) is 3.44. The van der Waals surface area contributed by atoms with Crippen LogP contribution in [-0.2, 0) is 4.74 Å². The molecule has 3 rings (SSSR count). The number of benzene rings is 1. The molecule has 0 unspecified atom stereocenters. The second kappa shape index (κ2) is 8.07. The molecule has 2 aliphatic carbocycles. The Balaban J connectivity index is 0.000000847. The summed E-state index contributed by atoms with van der Waals surface area (Å²) in [5, 5.41) is 0. The molecule has 0 N–H and O–H groups in total. The molecule has 2 aliphatic rings. The summed E-state index contributed by atoms with van der Waals surface area (Å²) >= 11 is 0. The SMILES string of the molecule is C/C(=C\C=C(/C)c1ccc(OC2CC2)cc1)OC1CC1.CC. The molecule has 0 aliphatic heterocycles. The molecule has 0 spiro atoms. The van der Waals surface area contributed by atoms with Gasteiger partial charge in [0.1, 0.15) is 5.75 Å². The van der Waals surface area contributed by atoms with Gasteiger partial charge in [-0.1, -0.05) is 32.1 Å². The van der Waals surface area contributed by atoms with Crippen molar-refractivity contribution in [3.63, 3.8) is 0 Å². The van der Waals surface area contributed by atoms with Crippen molar-refractivity contribution in [3.8, 4) is 5.75 Å². The molecule has 22 heavy (non-hydrogen) atoms. The zero-order chi connectivity index (χ0) is 15.9. The first kappa shape index (κ1) is 16.7. The number of ether oxygens (including phenoxy) is 2. The van der Waals surface area contributed by atoms with Crippen molar-refractivity contribution >= 4 is 5.57 Å². The van der Waals surface area contributed by atoms with Crippen LogP contribution >= 0.6 is 0 Å². The first-order valence-electron chi connectivity index (χ1n) is 8.49. The normalized spacial score (nSPS) is 18.4. The van der Waals surface area contributed by atoms with Crippen molar-refractivity contribution in [2.24, 2.45) is 0 Å². The van der Waals surface area contributed by atoms with Crippen molar-refractivity contribution in [2.45, 2.75) is 65.6 Å². The number of rotatable bonds is 6. The van der Waals surface area contributed by atoms with Crippen LogP contribution < -0.4 is 4.74 Å². The monoisotopic (exact) mass is 300 g/mol. The van der Waals surface area contributed by atoms with Gasteiger partial charge in [0.2, 0.25) is 0 Å². The van der Waals surface area contributed by atoms with Crippen LogP contribution in [0.1, 0.15) is 58.9 Å². The molecular weight excluding hydrogens is 272 g/mol. The minimum atomic E-state index is 0.461. The fraction of sp³-hybridized carbons (Fsp3) is 0.500. The third-order valence-corrected chi connectivity index (χ3v) is 3.58. The van der Waals surface area contributed by atoms with E-state index in [1.54, 1.807) is 0 Å². The van der Waals surface area contributed by atoms with Gasteiger partial charge in [0, 0.05) is 0 Å². The summed E-state index contributed by atoms with van der Waals surface area (Å²) in [5.74, 6) is 1.98. The first-order valence-corrected chi connectivity index (χ1v) is 8.49. The van der Waals surface area contributed by atoms with E-state index < -0.39 is 0 Å². The van der Waals surface area contributed by atoms with E-state index in [1.807, 2.05) is 20.8 Å². The Kier molecular flexibility index (Phi) is 6.11. The summed E-state index contributed by atoms with van der Waals surface area (Å²) in [6.07, 6.45) is 9.92. The standard InChI is InChI=1S/C18H22O2.C2H6/c1-13(3-4-14(2)19-16-9-10-16)15-5-7-17(8-6-15)20-18-11-12-18;1-2/h3-8,16,18H,9-12H2,1-2H3;1-2H3/b13-3+,14-4+;. The lowest BCUT2D eigenvalue weighted by atomic mass is 10.1. The predicted octanol–water partition coefficient (Wildman–Crippen LogP) is 5.74. The van der Waals surface area contributed by atoms with Gasteiger partial charge in [-0.05, 0) is 68.9 Å². The van der Waals surface area contributed by atoms with Crippen molar-refractivity contribution in [2.75, 3.05) is 0 Å². The molecule has 2 saturated carbocycles. The average molecular weight is 300 g/mol. The van der Waals surface area contributed by atoms with Crippen LogP contribution in [0.25, 0.3) is 5.57 Å². The Morgan fingerprint density at radius 3 is 2.05 bits per heavy atom. The molecule has 0 bridgehead atoms. The number of hydrogen-bond acceptors (Lipinski definition) is 2. The third-order valence-electron chi connectivity index (χ3n) is 3.58. The lowest BCUT2D eigenvalue weighted by Crippen LogP contribution is -1.95. The second-order valence-corrected chi connectivity index (χ2v) is 5.79. The van der Waals surface area contributed by atoms with E-state index in [-0.39, 0.29) is 0 Å². The molecule has 2 heteroatoms. The molecule has 120 valence electrons. The van der Waals surface area contributed by atoms with Gasteiger partial charge in [-0.3, -0.25) is 0 Å². The summed E-state index contributed by atoms with van der Waals surface area (Å²) < 4.78 is 11.5. The smallest absolute Gasteiger partial charge is 0.119 e. The summed E-state index contributed by atoms with van der Waals surface area (Å²) in [6.45, 7) is 8.15. The lowest BCUT2D eigenvalue weighted by molar-refractivity contribution is 0.199. The Bertz CT molecular complexity index is 517. The van der Waals surface area contributed by atoms with E-state index in [1.165, 1.54) is 36.8 Å². The summed E-state index contributed by atoms with van der Waals surface area (Å²) in [7, 11) is 0. The summed E-state index contributed by atoms with van der Waals surface area (Å²) in [4.78, 5) is 0. The molecule has 0 heterocycles. The highest BCUT2D eigenvalue weighted by Gasteiger charge is 2.23. The van der Waals surface area contributed by atoms with E-state index in [0.29, 0.717) is 12.2 Å². The number of hydrogen-bond donors (Lipinski definition) is 0. The van der Waals surface area contributed by atoms with Gasteiger partial charge < -0.3 is 9.47 Å². The maximum atomic E-state index is 5.76. The minimum absolute atomic E-state index is 0.461. The van der Waals surface area contributed by atoms with Crippen molar-refractivity contribution in [3.05, 3.63) is 47.7 Å². The van der Waals surface area contributed by atoms with E-state index in [4.69, 9.17) is 9.47 Å². The topological polar surface area (TPSA) is 18.5 Å². The molecule has 1 aromatic rings. The molecular formula is C20H28O2. The quantitative estimate of drug-likeness (QED) is 0.492. The van der Waals surface area contributed by atoms with Crippen molar-refractivity contribution < 1.29 is 9.47 Å². The van der Waals surface area contributed by atoms with Crippen LogP contribution in [0, 0.1) is 0 Å². The summed E-state index contributed by atoms with van der Waals surface area (Å²) in [5.41, 5.74) is 2.46. The van der Waals surface area contributed by atoms with Gasteiger partial charge in [-0.25, -0.2) is 0 Å². The maximum absolute atomic E-state index is 5.76. The van der Waals surface area contributed by atoms with Crippen LogP contribution in [0.3, 0.4) is 0 Å². The van der Waals surface area contributed by atoms with Gasteiger partial charge >= 0.3 is 0 Å².